The summed E-state index contributed by atoms with van der Waals surface area (Å²) in [6.45, 7) is 0.952. The zero-order chi connectivity index (χ0) is 25.0. The van der Waals surface area contributed by atoms with Crippen LogP contribution in [0.15, 0.2) is 48.5 Å². The van der Waals surface area contributed by atoms with Gasteiger partial charge in [-0.1, -0.05) is 61.4 Å². The van der Waals surface area contributed by atoms with Crippen molar-refractivity contribution >= 4 is 18.0 Å². The summed E-state index contributed by atoms with van der Waals surface area (Å²) in [5.74, 6) is -1.14. The molecule has 0 saturated heterocycles. The molecule has 0 fully saturated rings. The first kappa shape index (κ1) is 26.2. The first-order valence-corrected chi connectivity index (χ1v) is 12.1. The first-order valence-electron chi connectivity index (χ1n) is 12.1. The predicted molar refractivity (Wildman–Crippen MR) is 132 cm³/mol. The maximum atomic E-state index is 12.6. The molecule has 0 bridgehead atoms. The lowest BCUT2D eigenvalue weighted by Gasteiger charge is -2.19. The van der Waals surface area contributed by atoms with E-state index in [1.807, 2.05) is 24.3 Å². The summed E-state index contributed by atoms with van der Waals surface area (Å²) in [5.41, 5.74) is 4.55. The molecule has 0 aromatic heterocycles. The smallest absolute Gasteiger partial charge is 0.407 e. The van der Waals surface area contributed by atoms with Gasteiger partial charge in [0.2, 0.25) is 5.91 Å². The molecule has 0 heterocycles. The van der Waals surface area contributed by atoms with Crippen LogP contribution in [0.25, 0.3) is 11.1 Å². The third-order valence-corrected chi connectivity index (χ3v) is 6.18. The first-order chi connectivity index (χ1) is 17.0. The van der Waals surface area contributed by atoms with Crippen LogP contribution in [0.5, 0.6) is 0 Å². The molecule has 1 aliphatic carbocycles. The van der Waals surface area contributed by atoms with Crippen molar-refractivity contribution < 1.29 is 29.0 Å². The zero-order valence-corrected chi connectivity index (χ0v) is 20.1. The molecular weight excluding hydrogens is 448 g/mol. The summed E-state index contributed by atoms with van der Waals surface area (Å²) in [6, 6.07) is 15.5. The van der Waals surface area contributed by atoms with Gasteiger partial charge in [0.15, 0.2) is 0 Å². The summed E-state index contributed by atoms with van der Waals surface area (Å²) in [7, 11) is 1.54. The Morgan fingerprint density at radius 3 is 2.20 bits per heavy atom. The van der Waals surface area contributed by atoms with Crippen molar-refractivity contribution in [1.82, 2.24) is 10.6 Å². The SMILES string of the molecule is COCCC(NC(=O)OCC1c2ccccc2-c2ccccc21)C(=O)NCCCCCCC(=O)O. The zero-order valence-electron chi connectivity index (χ0n) is 20.1. The average molecular weight is 483 g/mol. The molecule has 3 rings (SSSR count). The molecule has 0 spiro atoms. The molecule has 188 valence electrons. The van der Waals surface area contributed by atoms with Gasteiger partial charge in [-0.2, -0.15) is 0 Å². The molecule has 1 aliphatic rings. The molecule has 1 atom stereocenters. The normalized spacial score (nSPS) is 12.9. The summed E-state index contributed by atoms with van der Waals surface area (Å²) < 4.78 is 10.7. The Hall–Kier alpha value is -3.39. The number of rotatable bonds is 14. The van der Waals surface area contributed by atoms with E-state index in [0.29, 0.717) is 26.0 Å². The van der Waals surface area contributed by atoms with Crippen LogP contribution in [-0.4, -0.2) is 56.0 Å². The van der Waals surface area contributed by atoms with Crippen molar-refractivity contribution in [3.05, 3.63) is 59.7 Å². The number of carbonyl (C=O) groups is 3. The third kappa shape index (κ3) is 7.55. The van der Waals surface area contributed by atoms with Gasteiger partial charge in [-0.15, -0.1) is 0 Å². The number of methoxy groups -OCH3 is 1. The number of unbranched alkanes of at least 4 members (excludes halogenated alkanes) is 3. The Labute approximate surface area is 206 Å². The highest BCUT2D eigenvalue weighted by atomic mass is 16.5. The second kappa shape index (κ2) is 13.5. The predicted octanol–water partition coefficient (Wildman–Crippen LogP) is 4.08. The van der Waals surface area contributed by atoms with Gasteiger partial charge < -0.3 is 25.2 Å². The molecule has 2 aromatic rings. The Kier molecular flexibility index (Phi) is 10.1. The fourth-order valence-electron chi connectivity index (χ4n) is 4.38. The van der Waals surface area contributed by atoms with Crippen LogP contribution in [0.4, 0.5) is 4.79 Å². The van der Waals surface area contributed by atoms with E-state index < -0.39 is 18.1 Å². The van der Waals surface area contributed by atoms with Crippen molar-refractivity contribution in [2.45, 2.75) is 50.5 Å². The number of carbonyl (C=O) groups excluding carboxylic acids is 2. The van der Waals surface area contributed by atoms with Gasteiger partial charge in [0.1, 0.15) is 12.6 Å². The number of benzene rings is 2. The Bertz CT molecular complexity index is 963. The van der Waals surface area contributed by atoms with Gasteiger partial charge in [-0.25, -0.2) is 4.79 Å². The van der Waals surface area contributed by atoms with Crippen LogP contribution in [0.1, 0.15) is 55.6 Å². The number of fused-ring (bicyclic) bond motifs is 3. The number of carboxylic acids is 1. The topological polar surface area (TPSA) is 114 Å². The fraction of sp³-hybridized carbons (Fsp3) is 0.444. The molecule has 0 radical (unpaired) electrons. The number of alkyl carbamates (subject to hydrolysis) is 1. The van der Waals surface area contributed by atoms with Gasteiger partial charge in [0.05, 0.1) is 0 Å². The number of amides is 2. The maximum Gasteiger partial charge on any atom is 0.407 e. The van der Waals surface area contributed by atoms with E-state index in [-0.39, 0.29) is 24.9 Å². The molecule has 1 unspecified atom stereocenters. The number of ether oxygens (including phenoxy) is 2. The summed E-state index contributed by atoms with van der Waals surface area (Å²) in [5, 5.41) is 14.2. The maximum absolute atomic E-state index is 12.6. The lowest BCUT2D eigenvalue weighted by atomic mass is 9.98. The lowest BCUT2D eigenvalue weighted by molar-refractivity contribution is -0.137. The van der Waals surface area contributed by atoms with Crippen LogP contribution in [0, 0.1) is 0 Å². The van der Waals surface area contributed by atoms with Gasteiger partial charge >= 0.3 is 12.1 Å². The van der Waals surface area contributed by atoms with Crippen molar-refractivity contribution in [2.75, 3.05) is 26.9 Å². The van der Waals surface area contributed by atoms with Crippen molar-refractivity contribution in [3.8, 4) is 11.1 Å². The largest absolute Gasteiger partial charge is 0.481 e. The van der Waals surface area contributed by atoms with E-state index >= 15 is 0 Å². The second-order valence-corrected chi connectivity index (χ2v) is 8.65. The van der Waals surface area contributed by atoms with E-state index in [1.165, 1.54) is 0 Å². The van der Waals surface area contributed by atoms with E-state index in [1.54, 1.807) is 7.11 Å². The van der Waals surface area contributed by atoms with E-state index in [9.17, 15) is 14.4 Å². The molecule has 0 saturated carbocycles. The molecule has 35 heavy (non-hydrogen) atoms. The van der Waals surface area contributed by atoms with Gasteiger partial charge in [0.25, 0.3) is 0 Å². The van der Waals surface area contributed by atoms with Crippen LogP contribution in [0.2, 0.25) is 0 Å². The highest BCUT2D eigenvalue weighted by Crippen LogP contribution is 2.44. The van der Waals surface area contributed by atoms with Crippen molar-refractivity contribution in [3.63, 3.8) is 0 Å². The minimum atomic E-state index is -0.793. The molecule has 2 amide bonds. The minimum absolute atomic E-state index is 0.0551. The van der Waals surface area contributed by atoms with Gasteiger partial charge in [-0.3, -0.25) is 9.59 Å². The van der Waals surface area contributed by atoms with Crippen LogP contribution in [0.3, 0.4) is 0 Å². The summed E-state index contributed by atoms with van der Waals surface area (Å²) in [6.07, 6.45) is 2.84. The highest BCUT2D eigenvalue weighted by molar-refractivity contribution is 5.85. The highest BCUT2D eigenvalue weighted by Gasteiger charge is 2.29. The van der Waals surface area contributed by atoms with E-state index in [2.05, 4.69) is 34.9 Å². The molecule has 8 nitrogen and oxygen atoms in total. The van der Waals surface area contributed by atoms with Crippen LogP contribution < -0.4 is 10.6 Å². The number of aliphatic carboxylic acids is 1. The molecule has 0 aliphatic heterocycles. The molecular formula is C27H34N2O6. The van der Waals surface area contributed by atoms with E-state index in [4.69, 9.17) is 14.6 Å². The molecule has 2 aromatic carbocycles. The van der Waals surface area contributed by atoms with Crippen molar-refractivity contribution in [1.29, 1.82) is 0 Å². The Morgan fingerprint density at radius 2 is 1.57 bits per heavy atom. The monoisotopic (exact) mass is 482 g/mol. The molecule has 3 N–H and O–H groups in total. The molecule has 8 heteroatoms. The number of nitrogens with one attached hydrogen (secondary N) is 2. The third-order valence-electron chi connectivity index (χ3n) is 6.18. The average Bonchev–Trinajstić information content (AvgIpc) is 3.18. The van der Waals surface area contributed by atoms with Crippen LogP contribution in [-0.2, 0) is 19.1 Å². The van der Waals surface area contributed by atoms with Gasteiger partial charge in [-0.05, 0) is 35.1 Å². The summed E-state index contributed by atoms with van der Waals surface area (Å²) in [4.78, 5) is 35.8. The lowest BCUT2D eigenvalue weighted by Crippen LogP contribution is -2.47. The quantitative estimate of drug-likeness (QED) is 0.350. The number of hydrogen-bond donors (Lipinski definition) is 3. The summed E-state index contributed by atoms with van der Waals surface area (Å²) >= 11 is 0. The van der Waals surface area contributed by atoms with Gasteiger partial charge in [0, 0.05) is 39.0 Å². The Balaban J connectivity index is 1.49. The second-order valence-electron chi connectivity index (χ2n) is 8.65. The standard InChI is InChI=1S/C27H34N2O6/c1-34-17-15-24(26(32)28-16-9-3-2-4-14-25(30)31)29-27(33)35-18-23-21-12-7-5-10-19(21)20-11-6-8-13-22(20)23/h5-8,10-13,23-24H,2-4,9,14-18H2,1H3,(H,28,32)(H,29,33)(H,30,31). The number of carboxylic acid groups (broad SMARTS) is 1. The number of hydrogen-bond acceptors (Lipinski definition) is 5. The minimum Gasteiger partial charge on any atom is -0.481 e. The van der Waals surface area contributed by atoms with Crippen molar-refractivity contribution in [2.24, 2.45) is 0 Å². The fourth-order valence-corrected chi connectivity index (χ4v) is 4.38. The van der Waals surface area contributed by atoms with E-state index in [0.717, 1.165) is 41.5 Å². The van der Waals surface area contributed by atoms with Crippen LogP contribution >= 0.6 is 0 Å². The Morgan fingerprint density at radius 1 is 0.943 bits per heavy atom.